The number of aliphatic carboxylic acids is 1. The Morgan fingerprint density at radius 2 is 2.42 bits per heavy atom. The van der Waals surface area contributed by atoms with Crippen LogP contribution in [0.4, 0.5) is 0 Å². The van der Waals surface area contributed by atoms with E-state index in [9.17, 15) is 4.79 Å². The third-order valence-electron chi connectivity index (χ3n) is 1.10. The maximum Gasteiger partial charge on any atom is 0.321 e. The van der Waals surface area contributed by atoms with Gasteiger partial charge in [-0.1, -0.05) is 24.8 Å². The summed E-state index contributed by atoms with van der Waals surface area (Å²) in [6.45, 7) is 3.51. The van der Waals surface area contributed by atoms with Crippen molar-refractivity contribution in [1.82, 2.24) is 0 Å². The van der Waals surface area contributed by atoms with Crippen molar-refractivity contribution in [2.45, 2.75) is 6.04 Å². The van der Waals surface area contributed by atoms with E-state index in [1.165, 1.54) is 11.8 Å². The summed E-state index contributed by atoms with van der Waals surface area (Å²) < 4.78 is 0. The van der Waals surface area contributed by atoms with Gasteiger partial charge in [-0.05, 0) is 0 Å². The average molecular weight is 187 g/mol. The lowest BCUT2D eigenvalue weighted by Gasteiger charge is -2.02. The van der Waals surface area contributed by atoms with E-state index >= 15 is 0 Å². The molecule has 68 valence electrons. The van der Waals surface area contributed by atoms with Gasteiger partial charge in [-0.25, -0.2) is 0 Å². The molecule has 3 nitrogen and oxygen atoms in total. The summed E-state index contributed by atoms with van der Waals surface area (Å²) >= 11 is 1.49. The fourth-order valence-corrected chi connectivity index (χ4v) is 1.27. The largest absolute Gasteiger partial charge is 0.480 e. The second-order valence-electron chi connectivity index (χ2n) is 2.15. The first-order chi connectivity index (χ1) is 5.68. The van der Waals surface area contributed by atoms with E-state index < -0.39 is 12.0 Å². The number of thioether (sulfide) groups is 1. The van der Waals surface area contributed by atoms with Crippen LogP contribution in [0.2, 0.25) is 0 Å². The molecular weight excluding hydrogens is 174 g/mol. The maximum absolute atomic E-state index is 10.2. The SMILES string of the molecule is C=C/C=C/CSCC(N)C(=O)O. The van der Waals surface area contributed by atoms with E-state index in [2.05, 4.69) is 6.58 Å². The number of carboxylic acid groups (broad SMARTS) is 1. The molecule has 0 saturated carbocycles. The zero-order valence-corrected chi connectivity index (χ0v) is 7.59. The third-order valence-corrected chi connectivity index (χ3v) is 2.12. The van der Waals surface area contributed by atoms with Gasteiger partial charge in [0, 0.05) is 11.5 Å². The van der Waals surface area contributed by atoms with Crippen molar-refractivity contribution in [3.05, 3.63) is 24.8 Å². The zero-order chi connectivity index (χ0) is 9.40. The second-order valence-corrected chi connectivity index (χ2v) is 3.22. The highest BCUT2D eigenvalue weighted by molar-refractivity contribution is 7.99. The van der Waals surface area contributed by atoms with Crippen LogP contribution in [-0.2, 0) is 4.79 Å². The van der Waals surface area contributed by atoms with Gasteiger partial charge in [-0.2, -0.15) is 11.8 Å². The van der Waals surface area contributed by atoms with E-state index in [-0.39, 0.29) is 0 Å². The van der Waals surface area contributed by atoms with Gasteiger partial charge >= 0.3 is 5.97 Å². The molecule has 3 N–H and O–H groups in total. The van der Waals surface area contributed by atoms with Crippen molar-refractivity contribution < 1.29 is 9.90 Å². The quantitative estimate of drug-likeness (QED) is 0.478. The number of hydrogen-bond donors (Lipinski definition) is 2. The van der Waals surface area contributed by atoms with Gasteiger partial charge in [-0.15, -0.1) is 0 Å². The van der Waals surface area contributed by atoms with Crippen molar-refractivity contribution >= 4 is 17.7 Å². The summed E-state index contributed by atoms with van der Waals surface area (Å²) in [4.78, 5) is 10.2. The van der Waals surface area contributed by atoms with E-state index in [4.69, 9.17) is 10.8 Å². The Bertz CT molecular complexity index is 180. The monoisotopic (exact) mass is 187 g/mol. The lowest BCUT2D eigenvalue weighted by atomic mass is 10.4. The molecule has 12 heavy (non-hydrogen) atoms. The molecule has 0 fully saturated rings. The van der Waals surface area contributed by atoms with Gasteiger partial charge in [0.25, 0.3) is 0 Å². The molecule has 0 aliphatic rings. The Morgan fingerprint density at radius 3 is 2.92 bits per heavy atom. The van der Waals surface area contributed by atoms with Gasteiger partial charge in [0.05, 0.1) is 0 Å². The van der Waals surface area contributed by atoms with Crippen LogP contribution >= 0.6 is 11.8 Å². The summed E-state index contributed by atoms with van der Waals surface area (Å²) in [5, 5.41) is 8.41. The van der Waals surface area contributed by atoms with Crippen molar-refractivity contribution in [1.29, 1.82) is 0 Å². The van der Waals surface area contributed by atoms with Crippen LogP contribution in [0.25, 0.3) is 0 Å². The van der Waals surface area contributed by atoms with Crippen LogP contribution in [0.15, 0.2) is 24.8 Å². The number of carbonyl (C=O) groups is 1. The Labute approximate surface area is 76.3 Å². The van der Waals surface area contributed by atoms with Gasteiger partial charge in [0.2, 0.25) is 0 Å². The summed E-state index contributed by atoms with van der Waals surface area (Å²) in [5.74, 6) is 0.263. The van der Waals surface area contributed by atoms with E-state index in [0.29, 0.717) is 5.75 Å². The van der Waals surface area contributed by atoms with Crippen LogP contribution in [0.3, 0.4) is 0 Å². The summed E-state index contributed by atoms with van der Waals surface area (Å²) in [6, 6.07) is -0.757. The molecule has 4 heteroatoms. The highest BCUT2D eigenvalue weighted by atomic mass is 32.2. The maximum atomic E-state index is 10.2. The predicted molar refractivity (Wildman–Crippen MR) is 52.3 cm³/mol. The minimum Gasteiger partial charge on any atom is -0.480 e. The van der Waals surface area contributed by atoms with Gasteiger partial charge in [0.1, 0.15) is 6.04 Å². The predicted octanol–water partition coefficient (Wildman–Crippen LogP) is 0.874. The number of allylic oxidation sites excluding steroid dienone is 2. The lowest BCUT2D eigenvalue weighted by Crippen LogP contribution is -2.32. The molecule has 0 bridgehead atoms. The minimum atomic E-state index is -0.949. The standard InChI is InChI=1S/C8H13NO2S/c1-2-3-4-5-12-6-7(9)8(10)11/h2-4,7H,1,5-6,9H2,(H,10,11)/b4-3+. The van der Waals surface area contributed by atoms with Gasteiger partial charge in [-0.3, -0.25) is 4.79 Å². The molecule has 1 unspecified atom stereocenters. The fourth-order valence-electron chi connectivity index (χ4n) is 0.486. The van der Waals surface area contributed by atoms with Crippen LogP contribution in [0.5, 0.6) is 0 Å². The summed E-state index contributed by atoms with van der Waals surface area (Å²) in [7, 11) is 0. The van der Waals surface area contributed by atoms with Crippen molar-refractivity contribution in [2.75, 3.05) is 11.5 Å². The highest BCUT2D eigenvalue weighted by Gasteiger charge is 2.09. The normalized spacial score (nSPS) is 13.1. The van der Waals surface area contributed by atoms with E-state index in [0.717, 1.165) is 5.75 Å². The molecule has 0 amide bonds. The molecule has 0 aromatic heterocycles. The summed E-state index contributed by atoms with van der Waals surface area (Å²) in [5.41, 5.74) is 5.27. The molecule has 0 aliphatic carbocycles. The van der Waals surface area contributed by atoms with E-state index in [1.807, 2.05) is 12.2 Å². The number of carboxylic acids is 1. The third kappa shape index (κ3) is 6.00. The fraction of sp³-hybridized carbons (Fsp3) is 0.375. The van der Waals surface area contributed by atoms with Crippen LogP contribution in [-0.4, -0.2) is 28.6 Å². The van der Waals surface area contributed by atoms with E-state index in [1.54, 1.807) is 6.08 Å². The molecule has 0 radical (unpaired) electrons. The van der Waals surface area contributed by atoms with Crippen molar-refractivity contribution in [3.63, 3.8) is 0 Å². The molecule has 0 spiro atoms. The lowest BCUT2D eigenvalue weighted by molar-refractivity contribution is -0.137. The second kappa shape index (κ2) is 6.94. The molecule has 0 aromatic carbocycles. The van der Waals surface area contributed by atoms with Crippen LogP contribution in [0, 0.1) is 0 Å². The molecule has 0 heterocycles. The Balaban J connectivity index is 3.37. The van der Waals surface area contributed by atoms with Crippen molar-refractivity contribution in [2.24, 2.45) is 5.73 Å². The Kier molecular flexibility index (Phi) is 6.51. The van der Waals surface area contributed by atoms with Gasteiger partial charge in [0.15, 0.2) is 0 Å². The first-order valence-corrected chi connectivity index (χ1v) is 4.67. The molecule has 0 saturated heterocycles. The molecular formula is C8H13NO2S. The van der Waals surface area contributed by atoms with Crippen LogP contribution in [0.1, 0.15) is 0 Å². The molecule has 1 atom stereocenters. The summed E-state index contributed by atoms with van der Waals surface area (Å²) in [6.07, 6.45) is 5.41. The number of nitrogens with two attached hydrogens (primary N) is 1. The minimum absolute atomic E-state index is 0.441. The van der Waals surface area contributed by atoms with Crippen molar-refractivity contribution in [3.8, 4) is 0 Å². The number of hydrogen-bond acceptors (Lipinski definition) is 3. The average Bonchev–Trinajstić information content (AvgIpc) is 2.03. The molecule has 0 aromatic rings. The first-order valence-electron chi connectivity index (χ1n) is 3.52. The topological polar surface area (TPSA) is 63.3 Å². The number of rotatable bonds is 6. The highest BCUT2D eigenvalue weighted by Crippen LogP contribution is 2.01. The Morgan fingerprint density at radius 1 is 1.75 bits per heavy atom. The van der Waals surface area contributed by atoms with Crippen LogP contribution < -0.4 is 5.73 Å². The Hall–Kier alpha value is -0.740. The van der Waals surface area contributed by atoms with Gasteiger partial charge < -0.3 is 10.8 Å². The smallest absolute Gasteiger partial charge is 0.321 e. The first kappa shape index (κ1) is 11.3. The molecule has 0 aliphatic heterocycles. The molecule has 0 rings (SSSR count). The zero-order valence-electron chi connectivity index (χ0n) is 6.77.